The first kappa shape index (κ1) is 19.8. The Bertz CT molecular complexity index is 984. The number of benzene rings is 1. The van der Waals surface area contributed by atoms with E-state index in [1.165, 1.54) is 17.3 Å². The fourth-order valence-corrected chi connectivity index (χ4v) is 3.64. The number of aryl methyl sites for hydroxylation is 2. The molecule has 1 aromatic carbocycles. The summed E-state index contributed by atoms with van der Waals surface area (Å²) in [5.41, 5.74) is 3.95. The van der Waals surface area contributed by atoms with Crippen molar-refractivity contribution in [1.29, 1.82) is 0 Å². The molecule has 0 saturated heterocycles. The third-order valence-electron chi connectivity index (χ3n) is 4.26. The van der Waals surface area contributed by atoms with Crippen LogP contribution in [-0.4, -0.2) is 30.9 Å². The van der Waals surface area contributed by atoms with Crippen molar-refractivity contribution >= 4 is 23.4 Å². The van der Waals surface area contributed by atoms with Gasteiger partial charge in [-0.05, 0) is 44.5 Å². The molecule has 7 heteroatoms. The fraction of sp³-hybridized carbons (Fsp3) is 0.238. The number of carbonyl (C=O) groups excluding carboxylic acids is 1. The van der Waals surface area contributed by atoms with E-state index in [1.54, 1.807) is 18.5 Å². The van der Waals surface area contributed by atoms with E-state index in [4.69, 9.17) is 0 Å². The number of anilines is 1. The zero-order chi connectivity index (χ0) is 20.1. The van der Waals surface area contributed by atoms with E-state index in [-0.39, 0.29) is 11.2 Å². The van der Waals surface area contributed by atoms with Gasteiger partial charge in [0.25, 0.3) is 0 Å². The Kier molecular flexibility index (Phi) is 6.26. The molecule has 2 aromatic heterocycles. The molecule has 0 bridgehead atoms. The highest BCUT2D eigenvalue weighted by atomic mass is 32.2. The Morgan fingerprint density at radius 3 is 2.68 bits per heavy atom. The number of hydrogen-bond acceptors (Lipinski definition) is 5. The average molecular weight is 394 g/mol. The van der Waals surface area contributed by atoms with Crippen molar-refractivity contribution in [3.8, 4) is 11.4 Å². The Hall–Kier alpha value is -2.93. The van der Waals surface area contributed by atoms with Crippen LogP contribution in [0.3, 0.4) is 0 Å². The Labute approximate surface area is 169 Å². The average Bonchev–Trinajstić information content (AvgIpc) is 3.07. The number of carbonyl (C=O) groups is 1. The van der Waals surface area contributed by atoms with Gasteiger partial charge in [-0.1, -0.05) is 35.5 Å². The van der Waals surface area contributed by atoms with Crippen LogP contribution in [0.2, 0.25) is 0 Å². The predicted octanol–water partition coefficient (Wildman–Crippen LogP) is 4.26. The third kappa shape index (κ3) is 4.48. The molecule has 1 atom stereocenters. The molecule has 144 valence electrons. The molecule has 0 spiro atoms. The lowest BCUT2D eigenvalue weighted by atomic mass is 10.1. The quantitative estimate of drug-likeness (QED) is 0.480. The summed E-state index contributed by atoms with van der Waals surface area (Å²) < 4.78 is 1.95. The van der Waals surface area contributed by atoms with Crippen LogP contribution in [0.25, 0.3) is 11.4 Å². The second-order valence-corrected chi connectivity index (χ2v) is 7.82. The maximum Gasteiger partial charge on any atom is 0.237 e. The highest BCUT2D eigenvalue weighted by Gasteiger charge is 2.21. The van der Waals surface area contributed by atoms with Crippen molar-refractivity contribution in [2.24, 2.45) is 0 Å². The maximum absolute atomic E-state index is 12.7. The van der Waals surface area contributed by atoms with Gasteiger partial charge in [0.2, 0.25) is 5.91 Å². The van der Waals surface area contributed by atoms with Gasteiger partial charge in [-0.3, -0.25) is 14.3 Å². The van der Waals surface area contributed by atoms with Crippen molar-refractivity contribution in [2.45, 2.75) is 37.7 Å². The first-order valence-electron chi connectivity index (χ1n) is 8.99. The second kappa shape index (κ2) is 8.84. The number of rotatable bonds is 7. The topological polar surface area (TPSA) is 72.7 Å². The minimum atomic E-state index is -0.334. The molecule has 0 aliphatic carbocycles. The predicted molar refractivity (Wildman–Crippen MR) is 113 cm³/mol. The zero-order valence-electron chi connectivity index (χ0n) is 16.2. The van der Waals surface area contributed by atoms with Crippen LogP contribution < -0.4 is 5.32 Å². The van der Waals surface area contributed by atoms with Crippen molar-refractivity contribution in [1.82, 2.24) is 19.7 Å². The molecule has 3 aromatic rings. The van der Waals surface area contributed by atoms with Gasteiger partial charge in [-0.15, -0.1) is 16.8 Å². The Morgan fingerprint density at radius 1 is 1.25 bits per heavy atom. The van der Waals surface area contributed by atoms with Crippen molar-refractivity contribution in [3.05, 3.63) is 66.5 Å². The van der Waals surface area contributed by atoms with Gasteiger partial charge in [-0.2, -0.15) is 0 Å². The summed E-state index contributed by atoms with van der Waals surface area (Å²) in [6.07, 6.45) is 5.22. The summed E-state index contributed by atoms with van der Waals surface area (Å²) in [5, 5.41) is 12.0. The number of nitrogens with one attached hydrogen (secondary N) is 1. The lowest BCUT2D eigenvalue weighted by Gasteiger charge is -2.14. The number of thioether (sulfide) groups is 1. The number of amides is 1. The Morgan fingerprint density at radius 2 is 2.00 bits per heavy atom. The lowest BCUT2D eigenvalue weighted by molar-refractivity contribution is -0.115. The van der Waals surface area contributed by atoms with Gasteiger partial charge in [0.1, 0.15) is 0 Å². The van der Waals surface area contributed by atoms with Crippen LogP contribution in [0.1, 0.15) is 18.1 Å². The van der Waals surface area contributed by atoms with Crippen molar-refractivity contribution < 1.29 is 4.79 Å². The van der Waals surface area contributed by atoms with E-state index in [0.717, 1.165) is 22.6 Å². The van der Waals surface area contributed by atoms with Gasteiger partial charge in [0, 0.05) is 30.2 Å². The molecule has 0 unspecified atom stereocenters. The second-order valence-electron chi connectivity index (χ2n) is 6.51. The minimum absolute atomic E-state index is 0.0735. The largest absolute Gasteiger partial charge is 0.325 e. The van der Waals surface area contributed by atoms with Gasteiger partial charge in [0.15, 0.2) is 11.0 Å². The van der Waals surface area contributed by atoms with Gasteiger partial charge >= 0.3 is 0 Å². The van der Waals surface area contributed by atoms with E-state index in [1.807, 2.05) is 49.6 Å². The van der Waals surface area contributed by atoms with Crippen LogP contribution in [0, 0.1) is 13.8 Å². The number of pyridine rings is 1. The highest BCUT2D eigenvalue weighted by Crippen LogP contribution is 2.27. The van der Waals surface area contributed by atoms with Crippen LogP contribution in [0.5, 0.6) is 0 Å². The highest BCUT2D eigenvalue weighted by molar-refractivity contribution is 8.00. The van der Waals surface area contributed by atoms with E-state index in [9.17, 15) is 4.79 Å². The number of nitrogens with zero attached hydrogens (tertiary/aromatic N) is 4. The summed E-state index contributed by atoms with van der Waals surface area (Å²) in [7, 11) is 0. The minimum Gasteiger partial charge on any atom is -0.325 e. The molecule has 1 N–H and O–H groups in total. The lowest BCUT2D eigenvalue weighted by Crippen LogP contribution is -2.23. The molecule has 0 aliphatic heterocycles. The zero-order valence-corrected chi connectivity index (χ0v) is 17.0. The van der Waals surface area contributed by atoms with E-state index >= 15 is 0 Å². The van der Waals surface area contributed by atoms with Gasteiger partial charge in [0.05, 0.1) is 5.25 Å². The molecule has 2 heterocycles. The first-order valence-corrected chi connectivity index (χ1v) is 9.87. The SMILES string of the molecule is C=CCn1c(S[C@@H](C)C(=O)Nc2ccc(C)cc2C)nnc1-c1ccncc1. The summed E-state index contributed by atoms with van der Waals surface area (Å²) in [5.74, 6) is 0.655. The molecule has 28 heavy (non-hydrogen) atoms. The maximum atomic E-state index is 12.7. The van der Waals surface area contributed by atoms with E-state index in [2.05, 4.69) is 33.1 Å². The fourth-order valence-electron chi connectivity index (χ4n) is 2.78. The molecular formula is C21H23N5OS. The van der Waals surface area contributed by atoms with Crippen molar-refractivity contribution in [2.75, 3.05) is 5.32 Å². The smallest absolute Gasteiger partial charge is 0.237 e. The van der Waals surface area contributed by atoms with Crippen LogP contribution in [0.4, 0.5) is 5.69 Å². The normalized spacial score (nSPS) is 11.8. The Balaban J connectivity index is 1.78. The third-order valence-corrected chi connectivity index (χ3v) is 5.34. The summed E-state index contributed by atoms with van der Waals surface area (Å²) in [6.45, 7) is 10.3. The number of aromatic nitrogens is 4. The molecule has 3 rings (SSSR count). The molecule has 0 aliphatic rings. The van der Waals surface area contributed by atoms with Crippen molar-refractivity contribution in [3.63, 3.8) is 0 Å². The molecular weight excluding hydrogens is 370 g/mol. The summed E-state index contributed by atoms with van der Waals surface area (Å²) >= 11 is 1.38. The molecule has 0 radical (unpaired) electrons. The van der Waals surface area contributed by atoms with Gasteiger partial charge < -0.3 is 5.32 Å². The monoisotopic (exact) mass is 393 g/mol. The molecule has 6 nitrogen and oxygen atoms in total. The number of hydrogen-bond donors (Lipinski definition) is 1. The molecule has 0 fully saturated rings. The summed E-state index contributed by atoms with van der Waals surface area (Å²) in [6, 6.07) is 9.74. The van der Waals surface area contributed by atoms with Crippen LogP contribution >= 0.6 is 11.8 Å². The van der Waals surface area contributed by atoms with Crippen LogP contribution in [0.15, 0.2) is 60.5 Å². The molecule has 1 amide bonds. The van der Waals surface area contributed by atoms with Crippen LogP contribution in [-0.2, 0) is 11.3 Å². The number of allylic oxidation sites excluding steroid dienone is 1. The van der Waals surface area contributed by atoms with E-state index in [0.29, 0.717) is 11.7 Å². The summed E-state index contributed by atoms with van der Waals surface area (Å²) in [4.78, 5) is 16.7. The standard InChI is InChI=1S/C21H23N5OS/c1-5-12-26-19(17-8-10-22-11-9-17)24-25-21(26)28-16(4)20(27)23-18-7-6-14(2)13-15(18)3/h5-11,13,16H,1,12H2,2-4H3,(H,23,27)/t16-/m0/s1. The first-order chi connectivity index (χ1) is 13.5. The molecule has 0 saturated carbocycles. The van der Waals surface area contributed by atoms with Gasteiger partial charge in [-0.25, -0.2) is 0 Å². The van der Waals surface area contributed by atoms with E-state index < -0.39 is 0 Å².